The first kappa shape index (κ1) is 8.34. The average Bonchev–Trinajstić information content (AvgIpc) is 2.60. The van der Waals surface area contributed by atoms with E-state index in [2.05, 4.69) is 0 Å². The van der Waals surface area contributed by atoms with Gasteiger partial charge in [-0.1, -0.05) is 0 Å². The van der Waals surface area contributed by atoms with Gasteiger partial charge in [-0.15, -0.1) is 0 Å². The van der Waals surface area contributed by atoms with Crippen molar-refractivity contribution in [3.8, 4) is 0 Å². The number of carbonyl (C=O) groups excluding carboxylic acids is 1. The Hall–Kier alpha value is -1.26. The lowest BCUT2D eigenvalue weighted by Crippen LogP contribution is -2.42. The maximum atomic E-state index is 10.9. The van der Waals surface area contributed by atoms with Crippen LogP contribution < -0.4 is 5.73 Å². The minimum absolute atomic E-state index is 0.0953. The van der Waals surface area contributed by atoms with Gasteiger partial charge in [0.1, 0.15) is 6.04 Å². The van der Waals surface area contributed by atoms with Crippen molar-refractivity contribution in [1.29, 1.82) is 0 Å². The second-order valence-corrected chi connectivity index (χ2v) is 4.03. The van der Waals surface area contributed by atoms with Gasteiger partial charge in [0.2, 0.25) is 5.91 Å². The molecule has 1 aliphatic carbocycles. The Labute approximate surface area is 75.5 Å². The van der Waals surface area contributed by atoms with Crippen LogP contribution in [0.3, 0.4) is 0 Å². The first-order chi connectivity index (χ1) is 6.04. The van der Waals surface area contributed by atoms with Crippen molar-refractivity contribution in [2.75, 3.05) is 6.54 Å². The third-order valence-electron chi connectivity index (χ3n) is 3.04. The summed E-state index contributed by atoms with van der Waals surface area (Å²) in [6.45, 7) is 0.482. The van der Waals surface area contributed by atoms with E-state index in [1.165, 1.54) is 4.90 Å². The Morgan fingerprint density at radius 3 is 2.38 bits per heavy atom. The number of hydrogen-bond acceptors (Lipinski definition) is 2. The number of amides is 2. The molecule has 1 saturated carbocycles. The van der Waals surface area contributed by atoms with Crippen LogP contribution in [0.4, 0.5) is 4.79 Å². The molecular formula is C8H12N2O3. The van der Waals surface area contributed by atoms with Crippen LogP contribution in [0.25, 0.3) is 0 Å². The van der Waals surface area contributed by atoms with Crippen molar-refractivity contribution in [3.05, 3.63) is 0 Å². The van der Waals surface area contributed by atoms with Crippen LogP contribution >= 0.6 is 0 Å². The molecule has 0 aromatic heterocycles. The molecule has 2 amide bonds. The summed E-state index contributed by atoms with van der Waals surface area (Å²) in [5.74, 6) is -0.522. The molecule has 1 saturated heterocycles. The van der Waals surface area contributed by atoms with Crippen LogP contribution in [0.2, 0.25) is 0 Å². The lowest BCUT2D eigenvalue weighted by atomic mass is 10.0. The van der Waals surface area contributed by atoms with Crippen molar-refractivity contribution in [2.24, 2.45) is 11.1 Å². The topological polar surface area (TPSA) is 83.6 Å². The highest BCUT2D eigenvalue weighted by molar-refractivity contribution is 5.84. The van der Waals surface area contributed by atoms with Crippen LogP contribution in [0.1, 0.15) is 19.3 Å². The van der Waals surface area contributed by atoms with Crippen LogP contribution in [-0.2, 0) is 4.79 Å². The molecule has 72 valence electrons. The van der Waals surface area contributed by atoms with Gasteiger partial charge in [-0.25, -0.2) is 4.79 Å². The van der Waals surface area contributed by atoms with Crippen LogP contribution in [0.15, 0.2) is 0 Å². The quantitative estimate of drug-likeness (QED) is 0.601. The standard InChI is InChI=1S/C8H12N2O3/c9-6(11)5-3-8(1-2-8)4-10(5)7(12)13/h5H,1-4H2,(H2,9,11)(H,12,13). The SMILES string of the molecule is NC(=O)C1CC2(CC2)CN1C(=O)O. The van der Waals surface area contributed by atoms with Gasteiger partial charge in [0.25, 0.3) is 0 Å². The largest absolute Gasteiger partial charge is 0.465 e. The number of likely N-dealkylation sites (tertiary alicyclic amines) is 1. The third-order valence-corrected chi connectivity index (χ3v) is 3.04. The van der Waals surface area contributed by atoms with E-state index < -0.39 is 18.0 Å². The zero-order valence-electron chi connectivity index (χ0n) is 7.19. The number of carbonyl (C=O) groups is 2. The molecule has 5 nitrogen and oxygen atoms in total. The molecule has 1 aliphatic heterocycles. The van der Waals surface area contributed by atoms with E-state index >= 15 is 0 Å². The Morgan fingerprint density at radius 2 is 2.08 bits per heavy atom. The molecule has 0 bridgehead atoms. The van der Waals surface area contributed by atoms with Gasteiger partial charge in [0.05, 0.1) is 0 Å². The maximum absolute atomic E-state index is 10.9. The van der Waals surface area contributed by atoms with Gasteiger partial charge >= 0.3 is 6.09 Å². The predicted octanol–water partition coefficient (Wildman–Crippen LogP) is 0.00420. The number of nitrogens with two attached hydrogens (primary N) is 1. The van der Waals surface area contributed by atoms with Crippen molar-refractivity contribution < 1.29 is 14.7 Å². The van der Waals surface area contributed by atoms with Crippen LogP contribution in [0, 0.1) is 5.41 Å². The molecule has 13 heavy (non-hydrogen) atoms. The molecular weight excluding hydrogens is 172 g/mol. The highest BCUT2D eigenvalue weighted by Gasteiger charge is 2.54. The van der Waals surface area contributed by atoms with E-state index in [0.717, 1.165) is 12.8 Å². The predicted molar refractivity (Wildman–Crippen MR) is 44.0 cm³/mol. The van der Waals surface area contributed by atoms with Gasteiger partial charge in [0.15, 0.2) is 0 Å². The van der Waals surface area contributed by atoms with Crippen LogP contribution in [-0.4, -0.2) is 34.6 Å². The molecule has 3 N–H and O–H groups in total. The highest BCUT2D eigenvalue weighted by Crippen LogP contribution is 2.54. The van der Waals surface area contributed by atoms with E-state index in [-0.39, 0.29) is 5.41 Å². The monoisotopic (exact) mass is 184 g/mol. The summed E-state index contributed by atoms with van der Waals surface area (Å²) in [7, 11) is 0. The van der Waals surface area contributed by atoms with Gasteiger partial charge < -0.3 is 10.8 Å². The molecule has 5 heteroatoms. The lowest BCUT2D eigenvalue weighted by molar-refractivity contribution is -0.121. The Balaban J connectivity index is 2.16. The van der Waals surface area contributed by atoms with E-state index in [4.69, 9.17) is 10.8 Å². The van der Waals surface area contributed by atoms with Crippen molar-refractivity contribution in [1.82, 2.24) is 4.90 Å². The van der Waals surface area contributed by atoms with E-state index in [1.807, 2.05) is 0 Å². The molecule has 2 aliphatic rings. The molecule has 2 fully saturated rings. The number of nitrogens with zero attached hydrogens (tertiary/aromatic N) is 1. The smallest absolute Gasteiger partial charge is 0.407 e. The molecule has 0 radical (unpaired) electrons. The zero-order valence-corrected chi connectivity index (χ0v) is 7.19. The number of rotatable bonds is 1. The Kier molecular flexibility index (Phi) is 1.52. The fraction of sp³-hybridized carbons (Fsp3) is 0.750. The van der Waals surface area contributed by atoms with Crippen LogP contribution in [0.5, 0.6) is 0 Å². The lowest BCUT2D eigenvalue weighted by Gasteiger charge is -2.17. The fourth-order valence-corrected chi connectivity index (χ4v) is 2.05. The van der Waals surface area contributed by atoms with Crippen molar-refractivity contribution in [2.45, 2.75) is 25.3 Å². The van der Waals surface area contributed by atoms with Gasteiger partial charge in [0, 0.05) is 6.54 Å². The molecule has 2 rings (SSSR count). The zero-order chi connectivity index (χ0) is 9.64. The molecule has 0 aromatic carbocycles. The van der Waals surface area contributed by atoms with Gasteiger partial charge in [-0.05, 0) is 24.7 Å². The Morgan fingerprint density at radius 1 is 1.46 bits per heavy atom. The summed E-state index contributed by atoms with van der Waals surface area (Å²) >= 11 is 0. The number of primary amides is 1. The summed E-state index contributed by atoms with van der Waals surface area (Å²) in [5.41, 5.74) is 5.23. The molecule has 1 spiro atoms. The number of hydrogen-bond donors (Lipinski definition) is 2. The second-order valence-electron chi connectivity index (χ2n) is 4.03. The van der Waals surface area contributed by atoms with E-state index in [1.54, 1.807) is 0 Å². The molecule has 1 heterocycles. The first-order valence-corrected chi connectivity index (χ1v) is 4.33. The minimum atomic E-state index is -1.03. The average molecular weight is 184 g/mol. The molecule has 0 aromatic rings. The molecule has 1 unspecified atom stereocenters. The summed E-state index contributed by atoms with van der Waals surface area (Å²) in [6, 6.07) is -0.597. The van der Waals surface area contributed by atoms with Gasteiger partial charge in [-0.2, -0.15) is 0 Å². The van der Waals surface area contributed by atoms with Gasteiger partial charge in [-0.3, -0.25) is 9.69 Å². The Bertz CT molecular complexity index is 249. The van der Waals surface area contributed by atoms with E-state index in [0.29, 0.717) is 13.0 Å². The maximum Gasteiger partial charge on any atom is 0.407 e. The van der Waals surface area contributed by atoms with E-state index in [9.17, 15) is 9.59 Å². The normalized spacial score (nSPS) is 29.2. The molecule has 1 atom stereocenters. The fourth-order valence-electron chi connectivity index (χ4n) is 2.05. The summed E-state index contributed by atoms with van der Waals surface area (Å²) in [6.07, 6.45) is 1.64. The highest BCUT2D eigenvalue weighted by atomic mass is 16.4. The van der Waals surface area contributed by atoms with Crippen molar-refractivity contribution in [3.63, 3.8) is 0 Å². The summed E-state index contributed by atoms with van der Waals surface area (Å²) in [4.78, 5) is 22.9. The third kappa shape index (κ3) is 1.24. The second kappa shape index (κ2) is 2.37. The summed E-state index contributed by atoms with van der Waals surface area (Å²) < 4.78 is 0. The first-order valence-electron chi connectivity index (χ1n) is 4.33. The van der Waals surface area contributed by atoms with Crippen molar-refractivity contribution >= 4 is 12.0 Å². The summed E-state index contributed by atoms with van der Waals surface area (Å²) in [5, 5.41) is 8.81. The number of carboxylic acid groups (broad SMARTS) is 1. The minimum Gasteiger partial charge on any atom is -0.465 e.